The quantitative estimate of drug-likeness (QED) is 0.604. The van der Waals surface area contributed by atoms with Gasteiger partial charge in [0.05, 0.1) is 35.4 Å². The standard InChI is InChI=1S/C23H23N3O3/c27-14-23-12-22(13-23,15-29-23)26-21(28)18-10-20(24-11-16-6-2-1-3-7-16)25-19-9-5-4-8-17(18)19/h1-10,27H,11-15H2,(H,24,25)(H,26,28). The number of nitrogens with zero attached hydrogens (tertiary/aromatic N) is 1. The van der Waals surface area contributed by atoms with E-state index in [2.05, 4.69) is 15.6 Å². The molecule has 1 amide bonds. The number of pyridine rings is 1. The van der Waals surface area contributed by atoms with Gasteiger partial charge in [-0.3, -0.25) is 4.79 Å². The lowest BCUT2D eigenvalue weighted by Crippen LogP contribution is -2.60. The Morgan fingerprint density at radius 3 is 2.62 bits per heavy atom. The maximum Gasteiger partial charge on any atom is 0.252 e. The Morgan fingerprint density at radius 1 is 1.10 bits per heavy atom. The lowest BCUT2D eigenvalue weighted by atomic mass is 9.68. The normalized spacial score (nSPS) is 24.9. The van der Waals surface area contributed by atoms with E-state index in [0.29, 0.717) is 37.4 Å². The molecule has 0 atom stereocenters. The van der Waals surface area contributed by atoms with Gasteiger partial charge < -0.3 is 20.5 Å². The van der Waals surface area contributed by atoms with Gasteiger partial charge in [0.15, 0.2) is 0 Å². The first-order chi connectivity index (χ1) is 14.1. The van der Waals surface area contributed by atoms with Crippen LogP contribution in [0.4, 0.5) is 5.82 Å². The van der Waals surface area contributed by atoms with E-state index in [9.17, 15) is 9.90 Å². The highest BCUT2D eigenvalue weighted by Gasteiger charge is 2.63. The molecule has 1 aliphatic carbocycles. The van der Waals surface area contributed by atoms with Crippen LogP contribution in [-0.2, 0) is 11.3 Å². The second-order valence-electron chi connectivity index (χ2n) is 8.13. The van der Waals surface area contributed by atoms with Crippen molar-refractivity contribution >= 4 is 22.6 Å². The van der Waals surface area contributed by atoms with Gasteiger partial charge in [0, 0.05) is 24.8 Å². The maximum absolute atomic E-state index is 13.2. The highest BCUT2D eigenvalue weighted by molar-refractivity contribution is 6.07. The lowest BCUT2D eigenvalue weighted by molar-refractivity contribution is -0.0494. The van der Waals surface area contributed by atoms with Crippen molar-refractivity contribution in [2.45, 2.75) is 30.5 Å². The summed E-state index contributed by atoms with van der Waals surface area (Å²) in [7, 11) is 0. The summed E-state index contributed by atoms with van der Waals surface area (Å²) in [6.45, 7) is 1.07. The van der Waals surface area contributed by atoms with Crippen molar-refractivity contribution in [2.24, 2.45) is 0 Å². The number of nitrogens with one attached hydrogen (secondary N) is 2. The Hall–Kier alpha value is -2.96. The Bertz CT molecular complexity index is 1060. The van der Waals surface area contributed by atoms with Gasteiger partial charge in [-0.15, -0.1) is 0 Å². The number of para-hydroxylation sites is 1. The second kappa shape index (κ2) is 6.83. The van der Waals surface area contributed by atoms with Crippen LogP contribution >= 0.6 is 0 Å². The predicted molar refractivity (Wildman–Crippen MR) is 111 cm³/mol. The van der Waals surface area contributed by atoms with E-state index in [1.54, 1.807) is 0 Å². The molecule has 6 heteroatoms. The molecule has 6 rings (SSSR count). The molecule has 3 aliphatic rings. The first-order valence-electron chi connectivity index (χ1n) is 9.85. The summed E-state index contributed by atoms with van der Waals surface area (Å²) in [6, 6.07) is 19.5. The molecule has 29 heavy (non-hydrogen) atoms. The zero-order valence-corrected chi connectivity index (χ0v) is 16.0. The summed E-state index contributed by atoms with van der Waals surface area (Å²) >= 11 is 0. The summed E-state index contributed by atoms with van der Waals surface area (Å²) in [6.07, 6.45) is 1.31. The van der Waals surface area contributed by atoms with E-state index < -0.39 is 5.60 Å². The van der Waals surface area contributed by atoms with Crippen LogP contribution in [0.2, 0.25) is 0 Å². The number of aliphatic hydroxyl groups excluding tert-OH is 1. The molecule has 3 fully saturated rings. The lowest BCUT2D eigenvalue weighted by Gasteiger charge is -2.43. The number of ether oxygens (including phenoxy) is 1. The summed E-state index contributed by atoms with van der Waals surface area (Å²) in [5.41, 5.74) is 1.67. The number of fused-ring (bicyclic) bond motifs is 2. The monoisotopic (exact) mass is 389 g/mol. The van der Waals surface area contributed by atoms with Crippen LogP contribution in [0.1, 0.15) is 28.8 Å². The van der Waals surface area contributed by atoms with Crippen LogP contribution < -0.4 is 10.6 Å². The van der Waals surface area contributed by atoms with Gasteiger partial charge in [-0.2, -0.15) is 0 Å². The van der Waals surface area contributed by atoms with Crippen molar-refractivity contribution in [3.63, 3.8) is 0 Å². The van der Waals surface area contributed by atoms with E-state index >= 15 is 0 Å². The zero-order chi connectivity index (χ0) is 19.9. The fourth-order valence-corrected chi connectivity index (χ4v) is 4.51. The van der Waals surface area contributed by atoms with Crippen LogP contribution in [0.15, 0.2) is 60.7 Å². The van der Waals surface area contributed by atoms with Crippen LogP contribution in [0.3, 0.4) is 0 Å². The molecule has 2 saturated heterocycles. The van der Waals surface area contributed by atoms with Gasteiger partial charge in [0.2, 0.25) is 0 Å². The predicted octanol–water partition coefficient (Wildman–Crippen LogP) is 2.87. The van der Waals surface area contributed by atoms with E-state index in [1.807, 2.05) is 60.7 Å². The van der Waals surface area contributed by atoms with Crippen molar-refractivity contribution in [3.05, 3.63) is 71.8 Å². The van der Waals surface area contributed by atoms with Gasteiger partial charge >= 0.3 is 0 Å². The number of hydrogen-bond acceptors (Lipinski definition) is 5. The molecule has 2 bridgehead atoms. The minimum atomic E-state index is -0.462. The van der Waals surface area contributed by atoms with E-state index in [4.69, 9.17) is 4.74 Å². The Morgan fingerprint density at radius 2 is 1.86 bits per heavy atom. The molecular formula is C23H23N3O3. The second-order valence-corrected chi connectivity index (χ2v) is 8.13. The van der Waals surface area contributed by atoms with Crippen molar-refractivity contribution < 1.29 is 14.6 Å². The van der Waals surface area contributed by atoms with Crippen molar-refractivity contribution in [3.8, 4) is 0 Å². The number of anilines is 1. The van der Waals surface area contributed by atoms with Crippen molar-refractivity contribution in [1.29, 1.82) is 0 Å². The number of carbonyl (C=O) groups is 1. The number of rotatable bonds is 6. The summed E-state index contributed by atoms with van der Waals surface area (Å²) in [5, 5.41) is 16.8. The molecule has 2 aromatic carbocycles. The van der Waals surface area contributed by atoms with Crippen LogP contribution in [0, 0.1) is 0 Å². The summed E-state index contributed by atoms with van der Waals surface area (Å²) < 4.78 is 5.71. The van der Waals surface area contributed by atoms with Crippen molar-refractivity contribution in [2.75, 3.05) is 18.5 Å². The van der Waals surface area contributed by atoms with Crippen molar-refractivity contribution in [1.82, 2.24) is 10.3 Å². The third kappa shape index (κ3) is 3.24. The highest BCUT2D eigenvalue weighted by Crippen LogP contribution is 2.51. The Balaban J connectivity index is 1.41. The largest absolute Gasteiger partial charge is 0.393 e. The van der Waals surface area contributed by atoms with Gasteiger partial charge in [-0.25, -0.2) is 4.98 Å². The molecule has 3 N–H and O–H groups in total. The van der Waals surface area contributed by atoms with Gasteiger partial charge in [-0.1, -0.05) is 48.5 Å². The Labute approximate surface area is 168 Å². The van der Waals surface area contributed by atoms with E-state index in [0.717, 1.165) is 16.5 Å². The third-order valence-electron chi connectivity index (χ3n) is 5.92. The average molecular weight is 389 g/mol. The molecule has 2 aliphatic heterocycles. The fraction of sp³-hybridized carbons (Fsp3) is 0.304. The molecule has 1 saturated carbocycles. The SMILES string of the molecule is O=C(NC12COC(CO)(C1)C2)c1cc(NCc2ccccc2)nc2ccccc12. The molecular weight excluding hydrogens is 366 g/mol. The zero-order valence-electron chi connectivity index (χ0n) is 16.0. The first kappa shape index (κ1) is 18.1. The smallest absolute Gasteiger partial charge is 0.252 e. The summed E-state index contributed by atoms with van der Waals surface area (Å²) in [4.78, 5) is 17.8. The topological polar surface area (TPSA) is 83.5 Å². The number of benzene rings is 2. The minimum Gasteiger partial charge on any atom is -0.393 e. The maximum atomic E-state index is 13.2. The van der Waals surface area contributed by atoms with E-state index in [-0.39, 0.29) is 18.1 Å². The highest BCUT2D eigenvalue weighted by atomic mass is 16.5. The van der Waals surface area contributed by atoms with Crippen LogP contribution in [0.5, 0.6) is 0 Å². The number of hydrogen-bond donors (Lipinski definition) is 3. The molecule has 0 spiro atoms. The summed E-state index contributed by atoms with van der Waals surface area (Å²) in [5.74, 6) is 0.527. The van der Waals surface area contributed by atoms with Gasteiger partial charge in [0.25, 0.3) is 5.91 Å². The van der Waals surface area contributed by atoms with Gasteiger partial charge in [-0.05, 0) is 17.7 Å². The number of aromatic nitrogens is 1. The Kier molecular flexibility index (Phi) is 4.26. The minimum absolute atomic E-state index is 0.00361. The first-order valence-corrected chi connectivity index (χ1v) is 9.85. The molecule has 0 radical (unpaired) electrons. The fourth-order valence-electron chi connectivity index (χ4n) is 4.51. The molecule has 3 heterocycles. The molecule has 3 aromatic rings. The molecule has 148 valence electrons. The van der Waals surface area contributed by atoms with Crippen LogP contribution in [-0.4, -0.2) is 40.4 Å². The van der Waals surface area contributed by atoms with Crippen LogP contribution in [0.25, 0.3) is 10.9 Å². The number of carbonyl (C=O) groups excluding carboxylic acids is 1. The third-order valence-corrected chi connectivity index (χ3v) is 5.92. The van der Waals surface area contributed by atoms with Gasteiger partial charge in [0.1, 0.15) is 5.82 Å². The molecule has 0 unspecified atom stereocenters. The molecule has 6 nitrogen and oxygen atoms in total. The number of aliphatic hydroxyl groups is 1. The average Bonchev–Trinajstić information content (AvgIpc) is 3.28. The molecule has 1 aromatic heterocycles. The number of amides is 1. The van der Waals surface area contributed by atoms with E-state index in [1.165, 1.54) is 0 Å².